The van der Waals surface area contributed by atoms with E-state index < -0.39 is 6.10 Å². The Morgan fingerprint density at radius 1 is 1.42 bits per heavy atom. The summed E-state index contributed by atoms with van der Waals surface area (Å²) in [6.45, 7) is 7.88. The molecule has 2 unspecified atom stereocenters. The molecule has 0 aliphatic carbocycles. The molecule has 0 aromatic heterocycles. The lowest BCUT2D eigenvalue weighted by atomic mass is 10.1. The highest BCUT2D eigenvalue weighted by Crippen LogP contribution is 2.07. The van der Waals surface area contributed by atoms with Gasteiger partial charge in [-0.1, -0.05) is 13.8 Å². The van der Waals surface area contributed by atoms with Crippen molar-refractivity contribution in [2.45, 2.75) is 32.9 Å². The Morgan fingerprint density at radius 2 is 2.11 bits per heavy atom. The highest BCUT2D eigenvalue weighted by atomic mass is 16.6. The van der Waals surface area contributed by atoms with E-state index in [0.717, 1.165) is 0 Å². The normalized spacial score (nSPS) is 22.1. The van der Waals surface area contributed by atoms with E-state index in [0.29, 0.717) is 25.6 Å². The van der Waals surface area contributed by atoms with Crippen LogP contribution in [0.3, 0.4) is 0 Å². The Morgan fingerprint density at radius 3 is 2.68 bits per heavy atom. The van der Waals surface area contributed by atoms with Crippen LogP contribution < -0.4 is 5.32 Å². The van der Waals surface area contributed by atoms with Gasteiger partial charge in [0.25, 0.3) is 0 Å². The first-order chi connectivity index (χ1) is 8.93. The number of esters is 1. The summed E-state index contributed by atoms with van der Waals surface area (Å²) in [7, 11) is 1.33. The fraction of sp³-hybridized carbons (Fsp3) is 0.846. The minimum absolute atomic E-state index is 0.0216. The van der Waals surface area contributed by atoms with Crippen LogP contribution >= 0.6 is 0 Å². The molecule has 0 spiro atoms. The smallest absolute Gasteiger partial charge is 0.336 e. The molecular formula is C13H24N2O4. The van der Waals surface area contributed by atoms with Crippen molar-refractivity contribution < 1.29 is 19.1 Å². The summed E-state index contributed by atoms with van der Waals surface area (Å²) >= 11 is 0. The molecule has 1 fully saturated rings. The molecule has 1 N–H and O–H groups in total. The third-order valence-electron chi connectivity index (χ3n) is 3.37. The minimum atomic E-state index is -0.589. The summed E-state index contributed by atoms with van der Waals surface area (Å²) < 4.78 is 9.96. The predicted molar refractivity (Wildman–Crippen MR) is 70.6 cm³/mol. The van der Waals surface area contributed by atoms with Gasteiger partial charge in [0.1, 0.15) is 0 Å². The molecule has 6 heteroatoms. The molecule has 1 saturated heterocycles. The van der Waals surface area contributed by atoms with Crippen molar-refractivity contribution in [3.63, 3.8) is 0 Å². The molecule has 1 rings (SSSR count). The fourth-order valence-corrected chi connectivity index (χ4v) is 1.79. The average molecular weight is 272 g/mol. The molecule has 1 aliphatic rings. The van der Waals surface area contributed by atoms with E-state index in [1.165, 1.54) is 7.11 Å². The number of nitrogens with one attached hydrogen (secondary N) is 1. The molecule has 110 valence electrons. The lowest BCUT2D eigenvalue weighted by Crippen LogP contribution is -2.50. The van der Waals surface area contributed by atoms with Crippen molar-refractivity contribution >= 4 is 11.9 Å². The number of carbonyl (C=O) groups excluding carboxylic acids is 2. The quantitative estimate of drug-likeness (QED) is 0.715. The highest BCUT2D eigenvalue weighted by Gasteiger charge is 2.28. The maximum Gasteiger partial charge on any atom is 0.336 e. The molecule has 0 radical (unpaired) electrons. The largest absolute Gasteiger partial charge is 0.467 e. The van der Waals surface area contributed by atoms with Gasteiger partial charge in [0, 0.05) is 19.1 Å². The first kappa shape index (κ1) is 15.9. The lowest BCUT2D eigenvalue weighted by Gasteiger charge is -2.31. The second-order valence-electron chi connectivity index (χ2n) is 5.22. The van der Waals surface area contributed by atoms with Crippen molar-refractivity contribution in [2.75, 3.05) is 33.4 Å². The Bertz CT molecular complexity index is 320. The number of ether oxygens (including phenoxy) is 2. The van der Waals surface area contributed by atoms with Crippen LogP contribution in [0.15, 0.2) is 0 Å². The summed E-state index contributed by atoms with van der Waals surface area (Å²) in [6, 6.07) is 0.143. The zero-order valence-electron chi connectivity index (χ0n) is 12.1. The van der Waals surface area contributed by atoms with E-state index >= 15 is 0 Å². The van der Waals surface area contributed by atoms with Crippen LogP contribution in [0.5, 0.6) is 0 Å². The van der Waals surface area contributed by atoms with Gasteiger partial charge in [-0.2, -0.15) is 0 Å². The second-order valence-corrected chi connectivity index (χ2v) is 5.22. The van der Waals surface area contributed by atoms with Crippen LogP contribution in [0.1, 0.15) is 20.8 Å². The van der Waals surface area contributed by atoms with Crippen molar-refractivity contribution in [3.8, 4) is 0 Å². The van der Waals surface area contributed by atoms with Crippen LogP contribution in [-0.2, 0) is 19.1 Å². The molecule has 0 bridgehead atoms. The van der Waals surface area contributed by atoms with Gasteiger partial charge in [-0.3, -0.25) is 9.69 Å². The molecule has 0 saturated carbocycles. The summed E-state index contributed by atoms with van der Waals surface area (Å²) in [6.07, 6.45) is -0.589. The standard InChI is InChI=1S/C13H24N2O4/c1-9(2)10(3)14-12(16)8-15-5-6-19-11(7-15)13(17)18-4/h9-11H,5-8H2,1-4H3,(H,14,16). The first-order valence-electron chi connectivity index (χ1n) is 6.65. The molecule has 1 amide bonds. The van der Waals surface area contributed by atoms with E-state index in [-0.39, 0.29) is 24.5 Å². The zero-order chi connectivity index (χ0) is 14.4. The third-order valence-corrected chi connectivity index (χ3v) is 3.37. The van der Waals surface area contributed by atoms with E-state index in [1.54, 1.807) is 0 Å². The number of hydrogen-bond acceptors (Lipinski definition) is 5. The Kier molecular flexibility index (Phi) is 6.24. The maximum absolute atomic E-state index is 11.9. The number of carbonyl (C=O) groups is 2. The van der Waals surface area contributed by atoms with Gasteiger partial charge in [-0.05, 0) is 12.8 Å². The minimum Gasteiger partial charge on any atom is -0.467 e. The Balaban J connectivity index is 2.40. The van der Waals surface area contributed by atoms with Gasteiger partial charge in [0.15, 0.2) is 6.10 Å². The summed E-state index contributed by atoms with van der Waals surface area (Å²) in [5.41, 5.74) is 0. The monoisotopic (exact) mass is 272 g/mol. The maximum atomic E-state index is 11.9. The Labute approximate surface area is 114 Å². The second kappa shape index (κ2) is 7.45. The molecule has 1 heterocycles. The lowest BCUT2D eigenvalue weighted by molar-refractivity contribution is -0.160. The average Bonchev–Trinajstić information content (AvgIpc) is 2.37. The van der Waals surface area contributed by atoms with Gasteiger partial charge < -0.3 is 14.8 Å². The van der Waals surface area contributed by atoms with Crippen molar-refractivity contribution in [1.82, 2.24) is 10.2 Å². The molecule has 1 aliphatic heterocycles. The molecule has 6 nitrogen and oxygen atoms in total. The van der Waals surface area contributed by atoms with Crippen LogP contribution in [0, 0.1) is 5.92 Å². The molecular weight excluding hydrogens is 248 g/mol. The highest BCUT2D eigenvalue weighted by molar-refractivity contribution is 5.79. The van der Waals surface area contributed by atoms with Crippen LogP contribution in [-0.4, -0.2) is 62.3 Å². The van der Waals surface area contributed by atoms with Crippen molar-refractivity contribution in [3.05, 3.63) is 0 Å². The number of amides is 1. The van der Waals surface area contributed by atoms with Gasteiger partial charge in [0.05, 0.1) is 20.3 Å². The molecule has 2 atom stereocenters. The van der Waals surface area contributed by atoms with Crippen molar-refractivity contribution in [1.29, 1.82) is 0 Å². The Hall–Kier alpha value is -1.14. The topological polar surface area (TPSA) is 67.9 Å². The predicted octanol–water partition coefficient (Wildman–Crippen LogP) is 0.0209. The number of hydrogen-bond donors (Lipinski definition) is 1. The van der Waals surface area contributed by atoms with Crippen LogP contribution in [0.4, 0.5) is 0 Å². The summed E-state index contributed by atoms with van der Waals surface area (Å²) in [5, 5.41) is 2.95. The summed E-state index contributed by atoms with van der Waals surface area (Å²) in [5.74, 6) is -0.0103. The zero-order valence-corrected chi connectivity index (χ0v) is 12.1. The molecule has 19 heavy (non-hydrogen) atoms. The van der Waals surface area contributed by atoms with Crippen LogP contribution in [0.25, 0.3) is 0 Å². The van der Waals surface area contributed by atoms with E-state index in [4.69, 9.17) is 4.74 Å². The van der Waals surface area contributed by atoms with Crippen molar-refractivity contribution in [2.24, 2.45) is 5.92 Å². The number of morpholine rings is 1. The van der Waals surface area contributed by atoms with Gasteiger partial charge >= 0.3 is 5.97 Å². The summed E-state index contributed by atoms with van der Waals surface area (Å²) in [4.78, 5) is 25.2. The molecule has 0 aromatic rings. The van der Waals surface area contributed by atoms with E-state index in [1.807, 2.05) is 11.8 Å². The number of nitrogens with zero attached hydrogens (tertiary/aromatic N) is 1. The van der Waals surface area contributed by atoms with E-state index in [2.05, 4.69) is 23.9 Å². The SMILES string of the molecule is COC(=O)C1CN(CC(=O)NC(C)C(C)C)CCO1. The van der Waals surface area contributed by atoms with Crippen LogP contribution in [0.2, 0.25) is 0 Å². The number of rotatable bonds is 5. The number of methoxy groups -OCH3 is 1. The van der Waals surface area contributed by atoms with E-state index in [9.17, 15) is 9.59 Å². The first-order valence-corrected chi connectivity index (χ1v) is 6.65. The van der Waals surface area contributed by atoms with Gasteiger partial charge in [-0.15, -0.1) is 0 Å². The molecule has 0 aromatic carbocycles. The fourth-order valence-electron chi connectivity index (χ4n) is 1.79. The van der Waals surface area contributed by atoms with Gasteiger partial charge in [0.2, 0.25) is 5.91 Å². The third kappa shape index (κ3) is 5.16. The van der Waals surface area contributed by atoms with Gasteiger partial charge in [-0.25, -0.2) is 4.79 Å².